The first-order valence-corrected chi connectivity index (χ1v) is 12.8. The summed E-state index contributed by atoms with van der Waals surface area (Å²) in [4.78, 5) is 33.5. The predicted molar refractivity (Wildman–Crippen MR) is 146 cm³/mol. The summed E-state index contributed by atoms with van der Waals surface area (Å²) in [5.41, 5.74) is 5.10. The molecule has 2 heterocycles. The maximum Gasteiger partial charge on any atom is 0.410 e. The Kier molecular flexibility index (Phi) is 6.63. The number of aromatic nitrogens is 1. The number of pyridine rings is 1. The SMILES string of the molecule is CN(Cc1ccc2c3c(cccc13)CC2)C(=O)/C=C\c1cnc2c(c1)CN(C(=O)OC(C)(C)C)CCN2. The average Bonchev–Trinajstić information content (AvgIpc) is 3.15. The van der Waals surface area contributed by atoms with Crippen molar-refractivity contribution in [1.82, 2.24) is 14.8 Å². The van der Waals surface area contributed by atoms with Gasteiger partial charge in [0.1, 0.15) is 11.4 Å². The Labute approximate surface area is 218 Å². The van der Waals surface area contributed by atoms with Gasteiger partial charge in [0.2, 0.25) is 5.91 Å². The molecule has 0 radical (unpaired) electrons. The zero-order valence-corrected chi connectivity index (χ0v) is 22.0. The first-order valence-electron chi connectivity index (χ1n) is 12.8. The third-order valence-corrected chi connectivity index (χ3v) is 6.84. The number of hydrogen-bond donors (Lipinski definition) is 1. The number of anilines is 1. The minimum absolute atomic E-state index is 0.0771. The van der Waals surface area contributed by atoms with Crippen LogP contribution in [-0.4, -0.2) is 52.5 Å². The molecule has 0 bridgehead atoms. The van der Waals surface area contributed by atoms with Crippen LogP contribution in [0.4, 0.5) is 10.6 Å². The van der Waals surface area contributed by atoms with E-state index in [2.05, 4.69) is 40.6 Å². The number of benzene rings is 2. The molecule has 1 aliphatic heterocycles. The highest BCUT2D eigenvalue weighted by Gasteiger charge is 2.25. The molecule has 2 aliphatic rings. The molecule has 2 aromatic carbocycles. The zero-order valence-electron chi connectivity index (χ0n) is 22.0. The van der Waals surface area contributed by atoms with E-state index in [1.165, 1.54) is 21.9 Å². The summed E-state index contributed by atoms with van der Waals surface area (Å²) < 4.78 is 5.55. The Hall–Kier alpha value is -3.87. The molecule has 0 saturated carbocycles. The normalized spacial score (nSPS) is 14.9. The van der Waals surface area contributed by atoms with Gasteiger partial charge in [0.15, 0.2) is 0 Å². The molecule has 3 aromatic rings. The third kappa shape index (κ3) is 5.45. The van der Waals surface area contributed by atoms with Crippen molar-refractivity contribution < 1.29 is 14.3 Å². The van der Waals surface area contributed by atoms with E-state index in [1.54, 1.807) is 28.1 Å². The van der Waals surface area contributed by atoms with Gasteiger partial charge in [-0.15, -0.1) is 0 Å². The maximum atomic E-state index is 13.0. The average molecular weight is 499 g/mol. The molecule has 1 aromatic heterocycles. The fourth-order valence-electron chi connectivity index (χ4n) is 5.05. The van der Waals surface area contributed by atoms with Gasteiger partial charge in [-0.2, -0.15) is 0 Å². The second-order valence-corrected chi connectivity index (χ2v) is 10.9. The van der Waals surface area contributed by atoms with E-state index in [9.17, 15) is 9.59 Å². The number of nitrogens with one attached hydrogen (secondary N) is 1. The van der Waals surface area contributed by atoms with Crippen molar-refractivity contribution in [3.05, 3.63) is 76.5 Å². The summed E-state index contributed by atoms with van der Waals surface area (Å²) in [5.74, 6) is 0.672. The molecule has 192 valence electrons. The van der Waals surface area contributed by atoms with Crippen molar-refractivity contribution in [1.29, 1.82) is 0 Å². The molecule has 0 unspecified atom stereocenters. The van der Waals surface area contributed by atoms with Crippen LogP contribution in [0.5, 0.6) is 0 Å². The van der Waals surface area contributed by atoms with Crippen LogP contribution in [0, 0.1) is 0 Å². The van der Waals surface area contributed by atoms with E-state index >= 15 is 0 Å². The lowest BCUT2D eigenvalue weighted by molar-refractivity contribution is -0.125. The molecule has 1 N–H and O–H groups in total. The van der Waals surface area contributed by atoms with Crippen LogP contribution in [0.3, 0.4) is 0 Å². The number of amides is 2. The molecule has 0 atom stereocenters. The summed E-state index contributed by atoms with van der Waals surface area (Å²) in [7, 11) is 1.83. The Bertz CT molecular complexity index is 1380. The topological polar surface area (TPSA) is 74.8 Å². The number of aryl methyl sites for hydroxylation is 2. The number of fused-ring (bicyclic) bond motifs is 1. The Morgan fingerprint density at radius 2 is 1.92 bits per heavy atom. The fourth-order valence-corrected chi connectivity index (χ4v) is 5.05. The van der Waals surface area contributed by atoms with Crippen LogP contribution in [0.2, 0.25) is 0 Å². The second-order valence-electron chi connectivity index (χ2n) is 10.9. The van der Waals surface area contributed by atoms with Crippen LogP contribution in [0.25, 0.3) is 16.8 Å². The van der Waals surface area contributed by atoms with Gasteiger partial charge in [-0.05, 0) is 78.8 Å². The standard InChI is InChI=1S/C30H34N4O3/c1-30(2,3)37-29(36)34-15-14-31-28-24(19-34)16-20(17-32-28)8-13-26(35)33(4)18-23-12-11-22-10-9-21-6-5-7-25(23)27(21)22/h5-8,11-13,16-17H,9-10,14-15,18-19H2,1-4H3,(H,31,32)/b13-8-. The molecule has 0 saturated heterocycles. The van der Waals surface area contributed by atoms with Crippen molar-refractivity contribution >= 4 is 34.7 Å². The zero-order chi connectivity index (χ0) is 26.2. The van der Waals surface area contributed by atoms with Gasteiger partial charge in [-0.25, -0.2) is 9.78 Å². The molecule has 2 amide bonds. The Morgan fingerprint density at radius 1 is 1.14 bits per heavy atom. The number of rotatable bonds is 4. The van der Waals surface area contributed by atoms with Crippen LogP contribution >= 0.6 is 0 Å². The minimum atomic E-state index is -0.554. The molecule has 5 rings (SSSR count). The molecule has 0 fully saturated rings. The van der Waals surface area contributed by atoms with Gasteiger partial charge >= 0.3 is 6.09 Å². The number of carbonyl (C=O) groups excluding carboxylic acids is 2. The van der Waals surface area contributed by atoms with Crippen molar-refractivity contribution in [3.63, 3.8) is 0 Å². The Balaban J connectivity index is 1.28. The number of ether oxygens (including phenoxy) is 1. The van der Waals surface area contributed by atoms with Crippen molar-refractivity contribution in [2.45, 2.75) is 52.3 Å². The van der Waals surface area contributed by atoms with E-state index in [0.29, 0.717) is 26.2 Å². The molecular formula is C30H34N4O3. The van der Waals surface area contributed by atoms with Crippen LogP contribution in [0.1, 0.15) is 48.6 Å². The lowest BCUT2D eigenvalue weighted by Gasteiger charge is -2.26. The van der Waals surface area contributed by atoms with E-state index in [0.717, 1.165) is 35.3 Å². The fraction of sp³-hybridized carbons (Fsp3) is 0.367. The highest BCUT2D eigenvalue weighted by Crippen LogP contribution is 2.33. The largest absolute Gasteiger partial charge is 0.444 e. The minimum Gasteiger partial charge on any atom is -0.444 e. The van der Waals surface area contributed by atoms with Gasteiger partial charge in [0.05, 0.1) is 6.54 Å². The van der Waals surface area contributed by atoms with Crippen molar-refractivity contribution in [2.24, 2.45) is 0 Å². The van der Waals surface area contributed by atoms with Gasteiger partial charge in [0, 0.05) is 44.5 Å². The quantitative estimate of drug-likeness (QED) is 0.503. The summed E-state index contributed by atoms with van der Waals surface area (Å²) in [6, 6.07) is 12.8. The molecule has 0 spiro atoms. The summed E-state index contributed by atoms with van der Waals surface area (Å²) >= 11 is 0. The van der Waals surface area contributed by atoms with Crippen LogP contribution in [0.15, 0.2) is 48.7 Å². The predicted octanol–water partition coefficient (Wildman–Crippen LogP) is 5.17. The number of likely N-dealkylation sites (N-methyl/N-ethyl adjacent to an activating group) is 1. The highest BCUT2D eigenvalue weighted by atomic mass is 16.6. The molecule has 37 heavy (non-hydrogen) atoms. The third-order valence-electron chi connectivity index (χ3n) is 6.84. The van der Waals surface area contributed by atoms with E-state index in [4.69, 9.17) is 4.74 Å². The number of nitrogens with zero attached hydrogens (tertiary/aromatic N) is 3. The van der Waals surface area contributed by atoms with E-state index in [-0.39, 0.29) is 12.0 Å². The number of hydrogen-bond acceptors (Lipinski definition) is 5. The van der Waals surface area contributed by atoms with Gasteiger partial charge < -0.3 is 19.9 Å². The number of carbonyl (C=O) groups is 2. The second kappa shape index (κ2) is 9.88. The Morgan fingerprint density at radius 3 is 2.70 bits per heavy atom. The summed E-state index contributed by atoms with van der Waals surface area (Å²) in [5, 5.41) is 5.88. The molecule has 1 aliphatic carbocycles. The van der Waals surface area contributed by atoms with Gasteiger partial charge in [0.25, 0.3) is 0 Å². The van der Waals surface area contributed by atoms with Crippen molar-refractivity contribution in [2.75, 3.05) is 25.5 Å². The van der Waals surface area contributed by atoms with Gasteiger partial charge in [-0.1, -0.05) is 30.3 Å². The lowest BCUT2D eigenvalue weighted by Crippen LogP contribution is -2.37. The smallest absolute Gasteiger partial charge is 0.410 e. The van der Waals surface area contributed by atoms with E-state index in [1.807, 2.05) is 33.9 Å². The first-order chi connectivity index (χ1) is 17.7. The summed E-state index contributed by atoms with van der Waals surface area (Å²) in [6.45, 7) is 7.63. The van der Waals surface area contributed by atoms with Gasteiger partial charge in [-0.3, -0.25) is 4.79 Å². The molecule has 7 nitrogen and oxygen atoms in total. The maximum absolute atomic E-state index is 13.0. The lowest BCUT2D eigenvalue weighted by atomic mass is 9.99. The molecule has 7 heteroatoms. The summed E-state index contributed by atoms with van der Waals surface area (Å²) in [6.07, 6.45) is 6.94. The van der Waals surface area contributed by atoms with Crippen molar-refractivity contribution in [3.8, 4) is 0 Å². The monoisotopic (exact) mass is 498 g/mol. The molecular weight excluding hydrogens is 464 g/mol. The van der Waals surface area contributed by atoms with Crippen LogP contribution in [-0.2, 0) is 35.5 Å². The first kappa shape index (κ1) is 24.8. The van der Waals surface area contributed by atoms with E-state index < -0.39 is 5.60 Å². The highest BCUT2D eigenvalue weighted by molar-refractivity contribution is 5.94. The van der Waals surface area contributed by atoms with Crippen LogP contribution < -0.4 is 5.32 Å².